The van der Waals surface area contributed by atoms with E-state index in [0.29, 0.717) is 0 Å². The van der Waals surface area contributed by atoms with Gasteiger partial charge in [-0.05, 0) is 65.2 Å². The molecule has 5 nitrogen and oxygen atoms in total. The van der Waals surface area contributed by atoms with Crippen molar-refractivity contribution in [1.29, 1.82) is 0 Å². The van der Waals surface area contributed by atoms with Gasteiger partial charge < -0.3 is 14.3 Å². The first-order valence-electron chi connectivity index (χ1n) is 19.4. The van der Waals surface area contributed by atoms with E-state index in [-0.39, 0.29) is 12.3 Å². The summed E-state index contributed by atoms with van der Waals surface area (Å²) in [6.45, 7) is 0. The zero-order chi connectivity index (χ0) is 37.5. The number of aliphatic imine (C=N–C) groups is 1. The van der Waals surface area contributed by atoms with Crippen LogP contribution in [0.4, 0.5) is 0 Å². The van der Waals surface area contributed by atoms with E-state index < -0.39 is 0 Å². The molecule has 4 heterocycles. The molecule has 0 radical (unpaired) electrons. The third-order valence-electron chi connectivity index (χ3n) is 11.5. The van der Waals surface area contributed by atoms with Crippen LogP contribution in [0.2, 0.25) is 0 Å². The molecule has 0 saturated carbocycles. The topological polar surface area (TPSA) is 54.5 Å². The molecule has 0 amide bonds. The van der Waals surface area contributed by atoms with E-state index >= 15 is 0 Å². The van der Waals surface area contributed by atoms with Gasteiger partial charge in [0.1, 0.15) is 29.3 Å². The van der Waals surface area contributed by atoms with Crippen LogP contribution in [-0.4, -0.2) is 10.4 Å². The molecule has 3 aromatic heterocycles. The second-order valence-electron chi connectivity index (χ2n) is 14.8. The van der Waals surface area contributed by atoms with Crippen LogP contribution < -0.4 is 10.6 Å². The maximum absolute atomic E-state index is 6.67. The first-order chi connectivity index (χ1) is 28.2. The molecule has 0 fully saturated rings. The van der Waals surface area contributed by atoms with Gasteiger partial charge in [0.05, 0.1) is 11.0 Å². The molecular formula is C51H34N4OS. The Morgan fingerprint density at radius 3 is 2.07 bits per heavy atom. The first-order valence-corrected chi connectivity index (χ1v) is 20.2. The fraction of sp³-hybridized carbons (Fsp3) is 0.0392. The van der Waals surface area contributed by atoms with Crippen LogP contribution in [0.25, 0.3) is 80.7 Å². The Morgan fingerprint density at radius 1 is 0.526 bits per heavy atom. The minimum atomic E-state index is -0.262. The highest BCUT2D eigenvalue weighted by molar-refractivity contribution is 7.25. The smallest absolute Gasteiger partial charge is 0.137 e. The van der Waals surface area contributed by atoms with Crippen molar-refractivity contribution >= 4 is 81.1 Å². The number of thiophene rings is 1. The summed E-state index contributed by atoms with van der Waals surface area (Å²) in [4.78, 5) is 5.33. The molecule has 270 valence electrons. The van der Waals surface area contributed by atoms with Crippen molar-refractivity contribution in [3.8, 4) is 16.8 Å². The van der Waals surface area contributed by atoms with E-state index in [2.05, 4.69) is 191 Å². The summed E-state index contributed by atoms with van der Waals surface area (Å²) in [7, 11) is 0. The van der Waals surface area contributed by atoms with Crippen LogP contribution >= 0.6 is 11.3 Å². The number of para-hydroxylation sites is 2. The molecule has 2 atom stereocenters. The van der Waals surface area contributed by atoms with Crippen LogP contribution in [0.5, 0.6) is 0 Å². The van der Waals surface area contributed by atoms with Gasteiger partial charge in [-0.2, -0.15) is 0 Å². The van der Waals surface area contributed by atoms with Gasteiger partial charge in [-0.25, -0.2) is 4.99 Å². The van der Waals surface area contributed by atoms with Crippen molar-refractivity contribution in [2.75, 3.05) is 0 Å². The fourth-order valence-electron chi connectivity index (χ4n) is 8.92. The van der Waals surface area contributed by atoms with Crippen LogP contribution in [0.15, 0.2) is 191 Å². The molecule has 1 aliphatic heterocycles. The first kappa shape index (κ1) is 32.3. The van der Waals surface area contributed by atoms with E-state index in [1.54, 1.807) is 0 Å². The molecule has 1 aliphatic rings. The molecule has 57 heavy (non-hydrogen) atoms. The van der Waals surface area contributed by atoms with Crippen molar-refractivity contribution in [1.82, 2.24) is 15.2 Å². The van der Waals surface area contributed by atoms with Crippen molar-refractivity contribution < 1.29 is 4.42 Å². The zero-order valence-electron chi connectivity index (χ0n) is 30.7. The number of benzene rings is 8. The summed E-state index contributed by atoms with van der Waals surface area (Å²) < 4.78 is 11.5. The number of fused-ring (bicyclic) bond motifs is 9. The van der Waals surface area contributed by atoms with Crippen molar-refractivity contribution in [3.63, 3.8) is 0 Å². The van der Waals surface area contributed by atoms with Crippen LogP contribution in [-0.2, 0) is 0 Å². The summed E-state index contributed by atoms with van der Waals surface area (Å²) in [6.07, 6.45) is -0.371. The Morgan fingerprint density at radius 2 is 1.26 bits per heavy atom. The summed E-state index contributed by atoms with van der Waals surface area (Å²) >= 11 is 1.83. The van der Waals surface area contributed by atoms with Gasteiger partial charge in [-0.3, -0.25) is 5.32 Å². The number of nitrogens with one attached hydrogen (secondary N) is 2. The second-order valence-corrected chi connectivity index (χ2v) is 15.8. The van der Waals surface area contributed by atoms with Crippen molar-refractivity contribution in [3.05, 3.63) is 199 Å². The number of rotatable bonds is 5. The third-order valence-corrected chi connectivity index (χ3v) is 12.6. The molecule has 11 aromatic rings. The van der Waals surface area contributed by atoms with Gasteiger partial charge in [0, 0.05) is 64.6 Å². The van der Waals surface area contributed by atoms with Crippen molar-refractivity contribution in [2.24, 2.45) is 4.99 Å². The lowest BCUT2D eigenvalue weighted by Gasteiger charge is -2.32. The highest BCUT2D eigenvalue weighted by Crippen LogP contribution is 2.44. The van der Waals surface area contributed by atoms with Crippen LogP contribution in [0.3, 0.4) is 0 Å². The second kappa shape index (κ2) is 12.8. The molecule has 2 unspecified atom stereocenters. The molecule has 8 aromatic carbocycles. The Hall–Kier alpha value is -6.99. The van der Waals surface area contributed by atoms with Gasteiger partial charge in [-0.15, -0.1) is 11.3 Å². The standard InChI is InChI=1S/C51H34N4OS/c1-3-13-31(14-4-1)49-52-50(32-15-5-2-6-16-32)54-51(53-49)39-20-12-24-46-48(39)40-29-33(25-28-45(40)57-46)35-19-11-23-43-47(35)38-27-26-34(30-44(38)56-43)55-41-21-9-7-17-36(41)37-18-8-10-22-42(37)55/h1-30,49,51,53H,(H,52,54). The maximum Gasteiger partial charge on any atom is 0.137 e. The summed E-state index contributed by atoms with van der Waals surface area (Å²) in [5.74, 6) is 0.880. The Bertz CT molecular complexity index is 3320. The summed E-state index contributed by atoms with van der Waals surface area (Å²) in [5, 5.41) is 14.7. The number of aromatic nitrogens is 1. The van der Waals surface area contributed by atoms with E-state index in [9.17, 15) is 0 Å². The molecular weight excluding hydrogens is 717 g/mol. The Kier molecular flexibility index (Phi) is 7.24. The zero-order valence-corrected chi connectivity index (χ0v) is 31.5. The van der Waals surface area contributed by atoms with Gasteiger partial charge in [0.15, 0.2) is 0 Å². The van der Waals surface area contributed by atoms with E-state index in [0.717, 1.165) is 61.3 Å². The summed E-state index contributed by atoms with van der Waals surface area (Å²) in [5.41, 5.74) is 10.9. The van der Waals surface area contributed by atoms with Crippen LogP contribution in [0, 0.1) is 0 Å². The normalized spacial score (nSPS) is 15.9. The number of hydrogen-bond acceptors (Lipinski definition) is 5. The highest BCUT2D eigenvalue weighted by Gasteiger charge is 2.27. The van der Waals surface area contributed by atoms with Gasteiger partial charge in [-0.1, -0.05) is 127 Å². The number of furan rings is 1. The average Bonchev–Trinajstić information content (AvgIpc) is 3.96. The predicted molar refractivity (Wildman–Crippen MR) is 238 cm³/mol. The Balaban J connectivity index is 1.00. The molecule has 0 aliphatic carbocycles. The van der Waals surface area contributed by atoms with Crippen molar-refractivity contribution in [2.45, 2.75) is 12.3 Å². The molecule has 2 N–H and O–H groups in total. The number of hydrogen-bond donors (Lipinski definition) is 2. The minimum absolute atomic E-state index is 0.109. The summed E-state index contributed by atoms with van der Waals surface area (Å²) in [6, 6.07) is 64.8. The molecule has 6 heteroatoms. The third kappa shape index (κ3) is 5.15. The molecule has 0 spiro atoms. The van der Waals surface area contributed by atoms with Gasteiger partial charge in [0.25, 0.3) is 0 Å². The largest absolute Gasteiger partial charge is 0.456 e. The molecule has 0 saturated heterocycles. The highest BCUT2D eigenvalue weighted by atomic mass is 32.1. The van der Waals surface area contributed by atoms with Gasteiger partial charge in [0.2, 0.25) is 0 Å². The maximum atomic E-state index is 6.67. The van der Waals surface area contributed by atoms with E-state index in [1.165, 1.54) is 42.0 Å². The predicted octanol–water partition coefficient (Wildman–Crippen LogP) is 13.1. The lowest BCUT2D eigenvalue weighted by molar-refractivity contribution is 0.410. The molecule has 12 rings (SSSR count). The number of nitrogens with zero attached hydrogens (tertiary/aromatic N) is 2. The van der Waals surface area contributed by atoms with E-state index in [1.807, 2.05) is 17.4 Å². The van der Waals surface area contributed by atoms with E-state index in [4.69, 9.17) is 9.41 Å². The minimum Gasteiger partial charge on any atom is -0.456 e. The lowest BCUT2D eigenvalue weighted by atomic mass is 9.96. The fourth-order valence-corrected chi connectivity index (χ4v) is 10.0. The average molecular weight is 751 g/mol. The lowest BCUT2D eigenvalue weighted by Crippen LogP contribution is -2.44. The molecule has 0 bridgehead atoms. The quantitative estimate of drug-likeness (QED) is 0.184. The SMILES string of the molecule is c1ccc(C2=NC(c3cccc4sc5ccc(-c6cccc7oc8cc(-n9c%10ccccc%10c%10ccccc%109)ccc8c67)cc5c34)NC(c3ccccc3)N2)cc1. The van der Waals surface area contributed by atoms with Gasteiger partial charge >= 0.3 is 0 Å². The Labute approximate surface area is 332 Å². The van der Waals surface area contributed by atoms with Crippen LogP contribution in [0.1, 0.15) is 29.0 Å². The number of amidine groups is 1. The monoisotopic (exact) mass is 750 g/mol.